The van der Waals surface area contributed by atoms with E-state index in [0.29, 0.717) is 27.7 Å². The van der Waals surface area contributed by atoms with Crippen LogP contribution in [0.15, 0.2) is 114 Å². The van der Waals surface area contributed by atoms with Gasteiger partial charge in [0.1, 0.15) is 38.4 Å². The number of fused-ring (bicyclic) bond motifs is 7. The second-order valence-electron chi connectivity index (χ2n) is 12.6. The summed E-state index contributed by atoms with van der Waals surface area (Å²) in [5.41, 5.74) is 3.47. The maximum absolute atomic E-state index is 11.8. The summed E-state index contributed by atoms with van der Waals surface area (Å²) in [4.78, 5) is 0. The van der Waals surface area contributed by atoms with Gasteiger partial charge in [-0.3, -0.25) is 0 Å². The molecule has 0 saturated carbocycles. The second kappa shape index (κ2) is 10.9. The zero-order valence-electron chi connectivity index (χ0n) is 26.6. The lowest BCUT2D eigenvalue weighted by Crippen LogP contribution is -2.26. The number of furan rings is 1. The predicted octanol–water partition coefficient (Wildman–Crippen LogP) is 7.87. The smallest absolute Gasteiger partial charge is 0.204 e. The molecule has 0 bridgehead atoms. The fourth-order valence-corrected chi connectivity index (χ4v) is 7.42. The minimum Gasteiger partial charge on any atom is -0.508 e. The van der Waals surface area contributed by atoms with Gasteiger partial charge >= 0.3 is 0 Å². The second-order valence-corrected chi connectivity index (χ2v) is 12.6. The Morgan fingerprint density at radius 2 is 0.863 bits per heavy atom. The minimum atomic E-state index is -0.973. The molecule has 4 radical (unpaired) electrons. The van der Waals surface area contributed by atoms with Crippen molar-refractivity contribution in [3.05, 3.63) is 109 Å². The highest BCUT2D eigenvalue weighted by Gasteiger charge is 2.31. The summed E-state index contributed by atoms with van der Waals surface area (Å²) >= 11 is 0. The fraction of sp³-hybridized carbons (Fsp3) is 0. The maximum Gasteiger partial charge on any atom is 0.204 e. The normalized spacial score (nSPS) is 11.8. The van der Waals surface area contributed by atoms with E-state index in [0.717, 1.165) is 27.3 Å². The molecule has 9 aromatic rings. The number of benzene rings is 8. The van der Waals surface area contributed by atoms with E-state index in [4.69, 9.17) is 20.1 Å². The van der Waals surface area contributed by atoms with Gasteiger partial charge in [0.15, 0.2) is 11.5 Å². The largest absolute Gasteiger partial charge is 0.508 e. The van der Waals surface area contributed by atoms with Gasteiger partial charge in [0.25, 0.3) is 0 Å². The predicted molar refractivity (Wildman–Crippen MR) is 203 cm³/mol. The molecule has 9 rings (SSSR count). The van der Waals surface area contributed by atoms with Gasteiger partial charge in [-0.05, 0) is 51.2 Å². The molecule has 0 unspecified atom stereocenters. The molecule has 8 aromatic carbocycles. The lowest BCUT2D eigenvalue weighted by molar-refractivity contribution is 0.351. The molecule has 240 valence electrons. The van der Waals surface area contributed by atoms with Crippen molar-refractivity contribution in [2.75, 3.05) is 0 Å². The van der Waals surface area contributed by atoms with Gasteiger partial charge in [-0.1, -0.05) is 102 Å². The molecule has 7 nitrogen and oxygen atoms in total. The van der Waals surface area contributed by atoms with Crippen LogP contribution < -0.4 is 10.9 Å². The van der Waals surface area contributed by atoms with Gasteiger partial charge in [-0.2, -0.15) is 0 Å². The summed E-state index contributed by atoms with van der Waals surface area (Å²) < 4.78 is 6.21. The van der Waals surface area contributed by atoms with Crippen molar-refractivity contribution in [2.24, 2.45) is 0 Å². The third-order valence-electron chi connectivity index (χ3n) is 9.85. The average molecular weight is 662 g/mol. The first-order chi connectivity index (χ1) is 24.7. The molecular weight excluding hydrogens is 638 g/mol. The first kappa shape index (κ1) is 30.3. The third kappa shape index (κ3) is 4.21. The van der Waals surface area contributed by atoms with E-state index in [1.54, 1.807) is 30.3 Å². The number of aromatic hydroxyl groups is 6. The summed E-state index contributed by atoms with van der Waals surface area (Å²) in [6, 6.07) is 33.8. The Morgan fingerprint density at radius 1 is 0.373 bits per heavy atom. The lowest BCUT2D eigenvalue weighted by atomic mass is 9.74. The molecule has 0 fully saturated rings. The maximum atomic E-state index is 11.8. The Kier molecular flexibility index (Phi) is 6.48. The van der Waals surface area contributed by atoms with Crippen LogP contribution in [0.5, 0.6) is 34.5 Å². The number of hydrogen-bond donors (Lipinski definition) is 6. The van der Waals surface area contributed by atoms with Crippen LogP contribution in [-0.2, 0) is 0 Å². The molecule has 1 heterocycles. The highest BCUT2D eigenvalue weighted by Crippen LogP contribution is 2.58. The van der Waals surface area contributed by atoms with Gasteiger partial charge in [-0.25, -0.2) is 0 Å². The molecule has 9 heteroatoms. The molecule has 1 aromatic heterocycles. The Labute approximate surface area is 292 Å². The Balaban J connectivity index is 1.47. The van der Waals surface area contributed by atoms with E-state index < -0.39 is 34.5 Å². The molecule has 0 aliphatic rings. The van der Waals surface area contributed by atoms with Crippen LogP contribution >= 0.6 is 0 Å². The summed E-state index contributed by atoms with van der Waals surface area (Å²) in [6.45, 7) is 0. The first-order valence-corrected chi connectivity index (χ1v) is 16.0. The van der Waals surface area contributed by atoms with Crippen molar-refractivity contribution in [1.82, 2.24) is 0 Å². The fourth-order valence-electron chi connectivity index (χ4n) is 7.42. The van der Waals surface area contributed by atoms with Crippen LogP contribution in [-0.4, -0.2) is 46.3 Å². The lowest BCUT2D eigenvalue weighted by Gasteiger charge is -2.24. The summed E-state index contributed by atoms with van der Waals surface area (Å²) in [5, 5.41) is 71.9. The average Bonchev–Trinajstić information content (AvgIpc) is 3.55. The first-order valence-electron chi connectivity index (χ1n) is 16.0. The van der Waals surface area contributed by atoms with Crippen molar-refractivity contribution in [3.8, 4) is 67.9 Å². The molecule has 51 heavy (non-hydrogen) atoms. The Bertz CT molecular complexity index is 2850. The van der Waals surface area contributed by atoms with Crippen LogP contribution in [0.25, 0.3) is 87.6 Å². The van der Waals surface area contributed by atoms with Crippen molar-refractivity contribution in [3.63, 3.8) is 0 Å². The molecular formula is C42H24B2O7. The summed E-state index contributed by atoms with van der Waals surface area (Å²) in [7, 11) is 12.6. The van der Waals surface area contributed by atoms with Gasteiger partial charge in [0.2, 0.25) is 11.5 Å². The van der Waals surface area contributed by atoms with Gasteiger partial charge < -0.3 is 35.1 Å². The van der Waals surface area contributed by atoms with E-state index in [1.165, 1.54) is 0 Å². The number of phenolic OH excluding ortho intramolecular Hbond substituents is 6. The van der Waals surface area contributed by atoms with Crippen LogP contribution in [0, 0.1) is 0 Å². The highest BCUT2D eigenvalue weighted by atomic mass is 16.3. The van der Waals surface area contributed by atoms with Gasteiger partial charge in [0.05, 0.1) is 0 Å². The number of rotatable bonds is 3. The van der Waals surface area contributed by atoms with Crippen molar-refractivity contribution in [2.45, 2.75) is 0 Å². The van der Waals surface area contributed by atoms with Crippen LogP contribution in [0.3, 0.4) is 0 Å². The van der Waals surface area contributed by atoms with Gasteiger partial charge in [-0.15, -0.1) is 0 Å². The van der Waals surface area contributed by atoms with Crippen molar-refractivity contribution in [1.29, 1.82) is 0 Å². The molecule has 0 amide bonds. The SMILES string of the molecule is [B]c1c([B])c(O)c2c(-c3ccc4oc5ccc6ccccc6c5c4c3)c3c(O)c(O)c(O)c(O)c3c(-c3ccc(-c4ccccc4)cc3)c2c1O. The van der Waals surface area contributed by atoms with E-state index in [9.17, 15) is 30.6 Å². The molecule has 6 N–H and O–H groups in total. The molecule has 0 aliphatic carbocycles. The van der Waals surface area contributed by atoms with E-state index in [1.807, 2.05) is 78.9 Å². The Hall–Kier alpha value is -6.73. The van der Waals surface area contributed by atoms with Crippen LogP contribution in [0.4, 0.5) is 0 Å². The molecule has 0 atom stereocenters. The zero-order valence-corrected chi connectivity index (χ0v) is 26.6. The van der Waals surface area contributed by atoms with Crippen molar-refractivity contribution >= 4 is 80.9 Å². The van der Waals surface area contributed by atoms with E-state index in [2.05, 4.69) is 0 Å². The molecule has 0 saturated heterocycles. The summed E-state index contributed by atoms with van der Waals surface area (Å²) in [5.74, 6) is -4.45. The third-order valence-corrected chi connectivity index (χ3v) is 9.85. The van der Waals surface area contributed by atoms with E-state index >= 15 is 0 Å². The van der Waals surface area contributed by atoms with E-state index in [-0.39, 0.29) is 43.6 Å². The standard InChI is InChI=1S/C42H24B2O7/c43-35-36(44)38(46)32-29(23-15-16-26-25(18-23)30-24-9-5-4-8-21(24)14-17-27(30)51-26)34-33(39(47)41(49)42(50)40(34)48)28(31(32)37(35)45)22-12-10-20(11-13-22)19-6-2-1-3-7-19/h1-18,45-50H. The summed E-state index contributed by atoms with van der Waals surface area (Å²) in [6.07, 6.45) is 0. The highest BCUT2D eigenvalue weighted by molar-refractivity contribution is 6.53. The topological polar surface area (TPSA) is 135 Å². The number of hydrogen-bond acceptors (Lipinski definition) is 7. The molecule has 0 spiro atoms. The van der Waals surface area contributed by atoms with Crippen LogP contribution in [0.1, 0.15) is 0 Å². The van der Waals surface area contributed by atoms with Crippen molar-refractivity contribution < 1.29 is 35.1 Å². The van der Waals surface area contributed by atoms with Gasteiger partial charge in [0, 0.05) is 43.4 Å². The number of phenols is 6. The minimum absolute atomic E-state index is 0.00320. The van der Waals surface area contributed by atoms with Crippen LogP contribution in [0.2, 0.25) is 0 Å². The molecule has 0 aliphatic heterocycles. The quantitative estimate of drug-likeness (QED) is 0.0491. The Morgan fingerprint density at radius 3 is 1.51 bits per heavy atom. The zero-order chi connectivity index (χ0) is 35.3. The monoisotopic (exact) mass is 662 g/mol.